The zero-order valence-electron chi connectivity index (χ0n) is 14.1. The van der Waals surface area contributed by atoms with Crippen molar-refractivity contribution in [3.05, 3.63) is 68.3 Å². The molecule has 0 unspecified atom stereocenters. The molecule has 0 bridgehead atoms. The first kappa shape index (κ1) is 17.4. The zero-order valence-corrected chi connectivity index (χ0v) is 15.7. The van der Waals surface area contributed by atoms with Crippen LogP contribution in [0.2, 0.25) is 0 Å². The van der Waals surface area contributed by atoms with Gasteiger partial charge in [-0.05, 0) is 30.5 Å². The van der Waals surface area contributed by atoms with Gasteiger partial charge in [-0.25, -0.2) is 14.6 Å². The lowest BCUT2D eigenvalue weighted by Crippen LogP contribution is -2.08. The van der Waals surface area contributed by atoms with E-state index < -0.39 is 11.6 Å². The molecule has 0 aliphatic rings. The molecule has 0 aliphatic heterocycles. The maximum Gasteiger partial charge on any atom is 0.358 e. The lowest BCUT2D eigenvalue weighted by atomic mass is 10.1. The first-order valence-corrected chi connectivity index (χ1v) is 9.70. The molecule has 136 valence electrons. The minimum absolute atomic E-state index is 0.0309. The Labute approximate surface area is 161 Å². The smallest absolute Gasteiger partial charge is 0.358 e. The second-order valence-corrected chi connectivity index (χ2v) is 7.57. The van der Waals surface area contributed by atoms with Crippen molar-refractivity contribution in [3.8, 4) is 15.6 Å². The second kappa shape index (κ2) is 6.98. The van der Waals surface area contributed by atoms with Gasteiger partial charge in [-0.3, -0.25) is 0 Å². The number of thiazole rings is 1. The summed E-state index contributed by atoms with van der Waals surface area (Å²) in [5, 5.41) is 14.8. The fourth-order valence-electron chi connectivity index (χ4n) is 2.63. The topological polar surface area (TPSA) is 89.6 Å². The Balaban J connectivity index is 1.58. The average molecular weight is 399 g/mol. The molecule has 0 aliphatic carbocycles. The van der Waals surface area contributed by atoms with E-state index in [1.165, 1.54) is 23.5 Å². The largest absolute Gasteiger partial charge is 0.508 e. The van der Waals surface area contributed by atoms with Crippen LogP contribution in [0.4, 0.5) is 0 Å². The van der Waals surface area contributed by atoms with Crippen LogP contribution >= 0.6 is 22.7 Å². The maximum absolute atomic E-state index is 12.3. The quantitative estimate of drug-likeness (QED) is 0.405. The highest BCUT2D eigenvalue weighted by Gasteiger charge is 2.16. The number of phenolic OH excluding ortho intramolecular Hbond substituents is 1. The number of carbonyl (C=O) groups is 1. The Morgan fingerprint density at radius 3 is 2.93 bits per heavy atom. The Kier molecular flexibility index (Phi) is 4.51. The normalized spacial score (nSPS) is 11.0. The van der Waals surface area contributed by atoms with Crippen molar-refractivity contribution in [2.45, 2.75) is 13.5 Å². The summed E-state index contributed by atoms with van der Waals surface area (Å²) in [4.78, 5) is 29.4. The van der Waals surface area contributed by atoms with Gasteiger partial charge in [0.15, 0.2) is 5.69 Å². The van der Waals surface area contributed by atoms with Crippen molar-refractivity contribution in [3.63, 3.8) is 0 Å². The number of hydrogen-bond donors (Lipinski definition) is 1. The molecular weight excluding hydrogens is 386 g/mol. The van der Waals surface area contributed by atoms with Gasteiger partial charge in [0.2, 0.25) is 0 Å². The predicted molar refractivity (Wildman–Crippen MR) is 103 cm³/mol. The number of aromatic nitrogens is 1. The summed E-state index contributed by atoms with van der Waals surface area (Å²) < 4.78 is 10.5. The van der Waals surface area contributed by atoms with Crippen LogP contribution in [0.1, 0.15) is 21.6 Å². The Morgan fingerprint density at radius 1 is 1.30 bits per heavy atom. The Morgan fingerprint density at radius 2 is 2.15 bits per heavy atom. The molecule has 8 heteroatoms. The molecule has 0 fully saturated rings. The molecule has 6 nitrogen and oxygen atoms in total. The van der Waals surface area contributed by atoms with E-state index in [1.807, 2.05) is 17.5 Å². The highest BCUT2D eigenvalue weighted by Crippen LogP contribution is 2.29. The minimum Gasteiger partial charge on any atom is -0.508 e. The number of hydrogen-bond acceptors (Lipinski definition) is 8. The highest BCUT2D eigenvalue weighted by molar-refractivity contribution is 7.20. The first-order chi connectivity index (χ1) is 13.0. The van der Waals surface area contributed by atoms with Gasteiger partial charge in [-0.15, -0.1) is 22.7 Å². The summed E-state index contributed by atoms with van der Waals surface area (Å²) in [6, 6.07) is 8.28. The van der Waals surface area contributed by atoms with Crippen LogP contribution in [-0.4, -0.2) is 16.1 Å². The van der Waals surface area contributed by atoms with E-state index in [4.69, 9.17) is 9.15 Å². The standard InChI is InChI=1S/C19H13NO5S2/c1-10-14(21)5-4-12-11(7-16(22)25-17(10)12)8-24-19(23)13-9-27-18(20-13)15-3-2-6-26-15/h2-7,9,21H,8H2,1H3. The van der Waals surface area contributed by atoms with E-state index in [-0.39, 0.29) is 23.6 Å². The van der Waals surface area contributed by atoms with Gasteiger partial charge in [0, 0.05) is 28.0 Å². The number of thiophene rings is 1. The number of benzene rings is 1. The summed E-state index contributed by atoms with van der Waals surface area (Å²) in [5.41, 5.74) is 0.895. The van der Waals surface area contributed by atoms with Gasteiger partial charge in [0.05, 0.1) is 4.88 Å². The summed E-state index contributed by atoms with van der Waals surface area (Å²) >= 11 is 2.92. The molecule has 4 rings (SSSR count). The summed E-state index contributed by atoms with van der Waals surface area (Å²) in [6.45, 7) is 1.55. The predicted octanol–water partition coefficient (Wildman–Crippen LogP) is 4.35. The van der Waals surface area contributed by atoms with Gasteiger partial charge >= 0.3 is 11.6 Å². The molecule has 27 heavy (non-hydrogen) atoms. The SMILES string of the molecule is Cc1c(O)ccc2c(COC(=O)c3csc(-c4cccs4)n3)cc(=O)oc12. The van der Waals surface area contributed by atoms with Crippen molar-refractivity contribution >= 4 is 39.6 Å². The van der Waals surface area contributed by atoms with Crippen LogP contribution in [0.25, 0.3) is 20.9 Å². The molecule has 0 saturated carbocycles. The van der Waals surface area contributed by atoms with Crippen molar-refractivity contribution in [1.29, 1.82) is 0 Å². The molecule has 3 aromatic heterocycles. The Hall–Kier alpha value is -2.97. The van der Waals surface area contributed by atoms with Crippen LogP contribution in [0.15, 0.2) is 50.3 Å². The first-order valence-electron chi connectivity index (χ1n) is 7.95. The van der Waals surface area contributed by atoms with Crippen molar-refractivity contribution in [2.75, 3.05) is 0 Å². The molecule has 0 amide bonds. The molecule has 0 radical (unpaired) electrons. The second-order valence-electron chi connectivity index (χ2n) is 5.77. The third-order valence-corrected chi connectivity index (χ3v) is 5.90. The van der Waals surface area contributed by atoms with Crippen LogP contribution in [0, 0.1) is 6.92 Å². The molecule has 1 aromatic carbocycles. The summed E-state index contributed by atoms with van der Waals surface area (Å²) in [5.74, 6) is -0.533. The fourth-order valence-corrected chi connectivity index (χ4v) is 4.24. The van der Waals surface area contributed by atoms with Crippen LogP contribution in [0.3, 0.4) is 0 Å². The number of nitrogens with zero attached hydrogens (tertiary/aromatic N) is 1. The summed E-state index contributed by atoms with van der Waals surface area (Å²) in [7, 11) is 0. The lowest BCUT2D eigenvalue weighted by molar-refractivity contribution is 0.0468. The van der Waals surface area contributed by atoms with E-state index in [0.717, 1.165) is 9.88 Å². The number of rotatable bonds is 4. The number of aryl methyl sites for hydroxylation is 1. The number of ether oxygens (including phenoxy) is 1. The molecule has 0 atom stereocenters. The van der Waals surface area contributed by atoms with Crippen LogP contribution in [-0.2, 0) is 11.3 Å². The Bertz CT molecular complexity index is 1190. The van der Waals surface area contributed by atoms with Crippen molar-refractivity contribution < 1.29 is 19.1 Å². The van der Waals surface area contributed by atoms with Crippen molar-refractivity contribution in [1.82, 2.24) is 4.98 Å². The average Bonchev–Trinajstić information content (AvgIpc) is 3.34. The molecule has 3 heterocycles. The number of fused-ring (bicyclic) bond motifs is 1. The number of aromatic hydroxyl groups is 1. The molecule has 1 N–H and O–H groups in total. The molecule has 0 saturated heterocycles. The van der Waals surface area contributed by atoms with E-state index in [0.29, 0.717) is 16.5 Å². The van der Waals surface area contributed by atoms with Gasteiger partial charge in [0.25, 0.3) is 0 Å². The fraction of sp³-hybridized carbons (Fsp3) is 0.105. The van der Waals surface area contributed by atoms with Gasteiger partial charge < -0.3 is 14.3 Å². The number of phenols is 1. The van der Waals surface area contributed by atoms with E-state index >= 15 is 0 Å². The number of esters is 1. The highest BCUT2D eigenvalue weighted by atomic mass is 32.1. The minimum atomic E-state index is -0.573. The van der Waals surface area contributed by atoms with E-state index in [1.54, 1.807) is 29.7 Å². The maximum atomic E-state index is 12.3. The van der Waals surface area contributed by atoms with Crippen LogP contribution < -0.4 is 5.63 Å². The number of carbonyl (C=O) groups excluding carboxylic acids is 1. The third-order valence-electron chi connectivity index (χ3n) is 4.02. The van der Waals surface area contributed by atoms with E-state index in [9.17, 15) is 14.7 Å². The van der Waals surface area contributed by atoms with Gasteiger partial charge in [-0.2, -0.15) is 0 Å². The molecule has 0 spiro atoms. The van der Waals surface area contributed by atoms with Crippen molar-refractivity contribution in [2.24, 2.45) is 0 Å². The van der Waals surface area contributed by atoms with Crippen LogP contribution in [0.5, 0.6) is 5.75 Å². The molecule has 4 aromatic rings. The third kappa shape index (κ3) is 3.36. The summed E-state index contributed by atoms with van der Waals surface area (Å²) in [6.07, 6.45) is 0. The monoisotopic (exact) mass is 399 g/mol. The molecular formula is C19H13NO5S2. The lowest BCUT2D eigenvalue weighted by Gasteiger charge is -2.08. The van der Waals surface area contributed by atoms with Gasteiger partial charge in [0.1, 0.15) is 22.9 Å². The van der Waals surface area contributed by atoms with E-state index in [2.05, 4.69) is 4.98 Å². The zero-order chi connectivity index (χ0) is 19.0. The van der Waals surface area contributed by atoms with Gasteiger partial charge in [-0.1, -0.05) is 6.07 Å².